The predicted molar refractivity (Wildman–Crippen MR) is 105 cm³/mol. The number of benzene rings is 2. The van der Waals surface area contributed by atoms with Gasteiger partial charge < -0.3 is 5.32 Å². The molecule has 0 atom stereocenters. The van der Waals surface area contributed by atoms with Gasteiger partial charge in [-0.1, -0.05) is 24.3 Å². The second-order valence-electron chi connectivity index (χ2n) is 7.32. The van der Waals surface area contributed by atoms with Gasteiger partial charge in [-0.15, -0.1) is 0 Å². The number of para-hydroxylation sites is 1. The molecule has 0 aromatic heterocycles. The summed E-state index contributed by atoms with van der Waals surface area (Å²) in [7, 11) is -3.49. The quantitative estimate of drug-likeness (QED) is 0.880. The Kier molecular flexibility index (Phi) is 5.02. The average Bonchev–Trinajstić information content (AvgIpc) is 3.17. The van der Waals surface area contributed by atoms with Gasteiger partial charge in [0.15, 0.2) is 0 Å². The van der Waals surface area contributed by atoms with Crippen molar-refractivity contribution in [2.24, 2.45) is 5.92 Å². The zero-order chi connectivity index (χ0) is 18.9. The third kappa shape index (κ3) is 3.77. The van der Waals surface area contributed by atoms with Crippen LogP contribution in [-0.2, 0) is 27.7 Å². The number of anilines is 1. The van der Waals surface area contributed by atoms with Crippen molar-refractivity contribution in [2.75, 3.05) is 18.4 Å². The van der Waals surface area contributed by atoms with Gasteiger partial charge in [0, 0.05) is 24.7 Å². The van der Waals surface area contributed by atoms with Crippen molar-refractivity contribution in [3.8, 4) is 0 Å². The SMILES string of the molecule is O=C(Nc1ccccc1)C1CCN(S(=O)(=O)c2ccc3c(c2)CCC3)CC1. The smallest absolute Gasteiger partial charge is 0.243 e. The molecule has 0 bridgehead atoms. The topological polar surface area (TPSA) is 66.5 Å². The van der Waals surface area contributed by atoms with Gasteiger partial charge in [-0.25, -0.2) is 8.42 Å². The lowest BCUT2D eigenvalue weighted by Crippen LogP contribution is -2.41. The molecule has 142 valence electrons. The van der Waals surface area contributed by atoms with Gasteiger partial charge >= 0.3 is 0 Å². The van der Waals surface area contributed by atoms with Crippen LogP contribution in [0.15, 0.2) is 53.4 Å². The van der Waals surface area contributed by atoms with Crippen LogP contribution in [0, 0.1) is 5.92 Å². The molecule has 0 unspecified atom stereocenters. The van der Waals surface area contributed by atoms with Gasteiger partial charge in [0.1, 0.15) is 0 Å². The summed E-state index contributed by atoms with van der Waals surface area (Å²) >= 11 is 0. The molecule has 1 saturated heterocycles. The third-order valence-electron chi connectivity index (χ3n) is 5.57. The molecule has 0 spiro atoms. The van der Waals surface area contributed by atoms with Gasteiger partial charge in [-0.2, -0.15) is 4.31 Å². The molecule has 1 amide bonds. The number of hydrogen-bond acceptors (Lipinski definition) is 3. The number of amides is 1. The van der Waals surface area contributed by atoms with Crippen LogP contribution in [0.2, 0.25) is 0 Å². The van der Waals surface area contributed by atoms with E-state index in [9.17, 15) is 13.2 Å². The molecule has 0 saturated carbocycles. The van der Waals surface area contributed by atoms with E-state index in [1.807, 2.05) is 42.5 Å². The molecule has 1 heterocycles. The fraction of sp³-hybridized carbons (Fsp3) is 0.381. The van der Waals surface area contributed by atoms with E-state index in [2.05, 4.69) is 5.32 Å². The maximum atomic E-state index is 13.0. The Hall–Kier alpha value is -2.18. The van der Waals surface area contributed by atoms with Crippen molar-refractivity contribution in [3.63, 3.8) is 0 Å². The third-order valence-corrected chi connectivity index (χ3v) is 7.47. The molecule has 5 nitrogen and oxygen atoms in total. The molecule has 27 heavy (non-hydrogen) atoms. The second kappa shape index (κ2) is 7.44. The van der Waals surface area contributed by atoms with Gasteiger partial charge in [-0.3, -0.25) is 4.79 Å². The Morgan fingerprint density at radius 1 is 0.963 bits per heavy atom. The first-order chi connectivity index (χ1) is 13.0. The van der Waals surface area contributed by atoms with Crippen molar-refractivity contribution < 1.29 is 13.2 Å². The number of nitrogens with zero attached hydrogens (tertiary/aromatic N) is 1. The lowest BCUT2D eigenvalue weighted by molar-refractivity contribution is -0.120. The highest BCUT2D eigenvalue weighted by Gasteiger charge is 2.32. The van der Waals surface area contributed by atoms with Crippen molar-refractivity contribution in [2.45, 2.75) is 37.0 Å². The molecule has 2 aromatic rings. The minimum absolute atomic E-state index is 0.0317. The molecule has 4 rings (SSSR count). The van der Waals surface area contributed by atoms with Crippen LogP contribution in [0.1, 0.15) is 30.4 Å². The minimum Gasteiger partial charge on any atom is -0.326 e. The number of aryl methyl sites for hydroxylation is 2. The predicted octanol–water partition coefficient (Wildman–Crippen LogP) is 3.21. The highest BCUT2D eigenvalue weighted by molar-refractivity contribution is 7.89. The number of carbonyl (C=O) groups excluding carboxylic acids is 1. The van der Waals surface area contributed by atoms with Crippen LogP contribution in [0.5, 0.6) is 0 Å². The maximum absolute atomic E-state index is 13.0. The van der Waals surface area contributed by atoms with Crippen LogP contribution < -0.4 is 5.32 Å². The minimum atomic E-state index is -3.49. The number of piperidine rings is 1. The summed E-state index contributed by atoms with van der Waals surface area (Å²) in [6, 6.07) is 14.9. The molecule has 2 aromatic carbocycles. The van der Waals surface area contributed by atoms with Crippen LogP contribution >= 0.6 is 0 Å². The average molecular weight is 385 g/mol. The van der Waals surface area contributed by atoms with Crippen molar-refractivity contribution in [1.29, 1.82) is 0 Å². The standard InChI is InChI=1S/C21H24N2O3S/c24-21(22-19-7-2-1-3-8-19)17-11-13-23(14-12-17)27(25,26)20-10-9-16-5-4-6-18(16)15-20/h1-3,7-10,15,17H,4-6,11-14H2,(H,22,24). The number of hydrogen-bond donors (Lipinski definition) is 1. The highest BCUT2D eigenvalue weighted by Crippen LogP contribution is 2.29. The summed E-state index contributed by atoms with van der Waals surface area (Å²) in [6.07, 6.45) is 4.18. The summed E-state index contributed by atoms with van der Waals surface area (Å²) < 4.78 is 27.5. The monoisotopic (exact) mass is 384 g/mol. The molecule has 1 fully saturated rings. The lowest BCUT2D eigenvalue weighted by Gasteiger charge is -2.30. The molecule has 1 aliphatic heterocycles. The van der Waals surface area contributed by atoms with Crippen LogP contribution in [0.4, 0.5) is 5.69 Å². The number of nitrogens with one attached hydrogen (secondary N) is 1. The first-order valence-electron chi connectivity index (χ1n) is 9.52. The molecule has 2 aliphatic rings. The molecular weight excluding hydrogens is 360 g/mol. The summed E-state index contributed by atoms with van der Waals surface area (Å²) in [4.78, 5) is 12.8. The highest BCUT2D eigenvalue weighted by atomic mass is 32.2. The lowest BCUT2D eigenvalue weighted by atomic mass is 9.97. The van der Waals surface area contributed by atoms with E-state index in [4.69, 9.17) is 0 Å². The molecule has 0 radical (unpaired) electrons. The van der Waals surface area contributed by atoms with Crippen LogP contribution in [-0.4, -0.2) is 31.7 Å². The fourth-order valence-corrected chi connectivity index (χ4v) is 5.50. The zero-order valence-electron chi connectivity index (χ0n) is 15.2. The van der Waals surface area contributed by atoms with Gasteiger partial charge in [0.05, 0.1) is 4.90 Å². The molecule has 1 aliphatic carbocycles. The normalized spacial score (nSPS) is 18.2. The largest absolute Gasteiger partial charge is 0.326 e. The number of sulfonamides is 1. The van der Waals surface area contributed by atoms with E-state index in [0.29, 0.717) is 30.8 Å². The van der Waals surface area contributed by atoms with Crippen LogP contribution in [0.25, 0.3) is 0 Å². The molecular formula is C21H24N2O3S. The first kappa shape index (κ1) is 18.2. The van der Waals surface area contributed by atoms with Crippen molar-refractivity contribution in [1.82, 2.24) is 4.31 Å². The Morgan fingerprint density at radius 2 is 1.67 bits per heavy atom. The summed E-state index contributed by atoms with van der Waals surface area (Å²) in [5.41, 5.74) is 3.20. The van der Waals surface area contributed by atoms with E-state index in [-0.39, 0.29) is 11.8 Å². The van der Waals surface area contributed by atoms with Gasteiger partial charge in [0.2, 0.25) is 15.9 Å². The van der Waals surface area contributed by atoms with E-state index in [0.717, 1.165) is 30.5 Å². The maximum Gasteiger partial charge on any atom is 0.243 e. The van der Waals surface area contributed by atoms with Crippen LogP contribution in [0.3, 0.4) is 0 Å². The van der Waals surface area contributed by atoms with Crippen molar-refractivity contribution >= 4 is 21.6 Å². The van der Waals surface area contributed by atoms with Crippen molar-refractivity contribution in [3.05, 3.63) is 59.7 Å². The Labute approximate surface area is 160 Å². The van der Waals surface area contributed by atoms with Gasteiger partial charge in [0.25, 0.3) is 0 Å². The second-order valence-corrected chi connectivity index (χ2v) is 9.26. The van der Waals surface area contributed by atoms with E-state index in [1.54, 1.807) is 6.07 Å². The Balaban J connectivity index is 1.40. The van der Waals surface area contributed by atoms with E-state index < -0.39 is 10.0 Å². The molecule has 1 N–H and O–H groups in total. The Morgan fingerprint density at radius 3 is 2.41 bits per heavy atom. The van der Waals surface area contributed by atoms with E-state index >= 15 is 0 Å². The zero-order valence-corrected chi connectivity index (χ0v) is 16.0. The van der Waals surface area contributed by atoms with Gasteiger partial charge in [-0.05, 0) is 67.5 Å². The number of fused-ring (bicyclic) bond motifs is 1. The number of carbonyl (C=O) groups is 1. The molecule has 6 heteroatoms. The number of rotatable bonds is 4. The van der Waals surface area contributed by atoms with E-state index in [1.165, 1.54) is 9.87 Å². The summed E-state index contributed by atoms with van der Waals surface area (Å²) in [5, 5.41) is 2.92. The first-order valence-corrected chi connectivity index (χ1v) is 11.0. The fourth-order valence-electron chi connectivity index (χ4n) is 3.98. The summed E-state index contributed by atoms with van der Waals surface area (Å²) in [6.45, 7) is 0.762. The Bertz CT molecular complexity index is 933. The summed E-state index contributed by atoms with van der Waals surface area (Å²) in [5.74, 6) is -0.188.